The zero-order valence-electron chi connectivity index (χ0n) is 9.21. The third kappa shape index (κ3) is 3.05. The molecule has 0 bridgehead atoms. The van der Waals surface area contributed by atoms with Crippen molar-refractivity contribution in [1.29, 1.82) is 0 Å². The predicted molar refractivity (Wildman–Crippen MR) is 56.3 cm³/mol. The lowest BCUT2D eigenvalue weighted by molar-refractivity contribution is 0.0453. The highest BCUT2D eigenvalue weighted by Crippen LogP contribution is 2.13. The Morgan fingerprint density at radius 3 is 2.73 bits per heavy atom. The monoisotopic (exact) mass is 210 g/mol. The van der Waals surface area contributed by atoms with Crippen LogP contribution in [0.5, 0.6) is 0 Å². The summed E-state index contributed by atoms with van der Waals surface area (Å²) in [5.74, 6) is -0.835. The van der Waals surface area contributed by atoms with Crippen LogP contribution in [0.25, 0.3) is 0 Å². The molecule has 0 aromatic heterocycles. The Balaban J connectivity index is 2.78. The minimum Gasteiger partial charge on any atom is -0.462 e. The second kappa shape index (κ2) is 4.91. The van der Waals surface area contributed by atoms with E-state index in [1.54, 1.807) is 19.1 Å². The molecule has 0 aliphatic heterocycles. The zero-order valence-corrected chi connectivity index (χ0v) is 9.21. The highest BCUT2D eigenvalue weighted by atomic mass is 19.1. The Bertz CT molecular complexity index is 359. The fraction of sp³-hybridized carbons (Fsp3) is 0.417. The number of esters is 1. The number of halogens is 1. The van der Waals surface area contributed by atoms with Gasteiger partial charge in [-0.15, -0.1) is 0 Å². The van der Waals surface area contributed by atoms with Gasteiger partial charge in [0, 0.05) is 0 Å². The van der Waals surface area contributed by atoms with Crippen LogP contribution in [-0.4, -0.2) is 12.6 Å². The molecule has 0 N–H and O–H groups in total. The molecule has 0 fully saturated rings. The largest absolute Gasteiger partial charge is 0.462 e. The van der Waals surface area contributed by atoms with Crippen molar-refractivity contribution in [3.05, 3.63) is 35.1 Å². The predicted octanol–water partition coefficient (Wildman–Crippen LogP) is 2.95. The van der Waals surface area contributed by atoms with Gasteiger partial charge in [-0.1, -0.05) is 26.0 Å². The summed E-state index contributed by atoms with van der Waals surface area (Å²) in [7, 11) is 0. The van der Waals surface area contributed by atoms with Crippen LogP contribution in [0, 0.1) is 18.7 Å². The fourth-order valence-electron chi connectivity index (χ4n) is 1.13. The van der Waals surface area contributed by atoms with Gasteiger partial charge in [-0.2, -0.15) is 0 Å². The van der Waals surface area contributed by atoms with Gasteiger partial charge in [-0.25, -0.2) is 9.18 Å². The third-order valence-corrected chi connectivity index (χ3v) is 1.96. The summed E-state index contributed by atoms with van der Waals surface area (Å²) < 4.78 is 18.4. The van der Waals surface area contributed by atoms with Gasteiger partial charge in [0.2, 0.25) is 0 Å². The molecule has 0 spiro atoms. The summed E-state index contributed by atoms with van der Waals surface area (Å²) in [5, 5.41) is 0. The molecule has 0 aliphatic carbocycles. The summed E-state index contributed by atoms with van der Waals surface area (Å²) >= 11 is 0. The Morgan fingerprint density at radius 1 is 1.47 bits per heavy atom. The molecule has 1 aromatic carbocycles. The molecular weight excluding hydrogens is 195 g/mol. The third-order valence-electron chi connectivity index (χ3n) is 1.96. The van der Waals surface area contributed by atoms with Crippen molar-refractivity contribution in [2.75, 3.05) is 6.61 Å². The van der Waals surface area contributed by atoms with Crippen LogP contribution < -0.4 is 0 Å². The maximum absolute atomic E-state index is 13.5. The van der Waals surface area contributed by atoms with Crippen molar-refractivity contribution in [2.45, 2.75) is 20.8 Å². The molecule has 0 radical (unpaired) electrons. The Hall–Kier alpha value is -1.38. The average Bonchev–Trinajstić information content (AvgIpc) is 2.18. The van der Waals surface area contributed by atoms with E-state index in [4.69, 9.17) is 4.74 Å². The quantitative estimate of drug-likeness (QED) is 0.717. The van der Waals surface area contributed by atoms with E-state index in [9.17, 15) is 9.18 Å². The van der Waals surface area contributed by atoms with Crippen molar-refractivity contribution in [2.24, 2.45) is 5.92 Å². The van der Waals surface area contributed by atoms with E-state index in [0.717, 1.165) is 0 Å². The van der Waals surface area contributed by atoms with Crippen LogP contribution in [0.2, 0.25) is 0 Å². The van der Waals surface area contributed by atoms with Gasteiger partial charge < -0.3 is 4.74 Å². The first kappa shape index (κ1) is 11.7. The van der Waals surface area contributed by atoms with E-state index in [1.165, 1.54) is 6.07 Å². The molecule has 0 unspecified atom stereocenters. The number of ether oxygens (including phenoxy) is 1. The molecule has 1 rings (SSSR count). The first-order valence-corrected chi connectivity index (χ1v) is 4.94. The summed E-state index contributed by atoms with van der Waals surface area (Å²) in [6, 6.07) is 4.70. The standard InChI is InChI=1S/C12H15FO2/c1-8(2)7-15-12(14)10-6-4-5-9(3)11(10)13/h4-6,8H,7H2,1-3H3. The van der Waals surface area contributed by atoms with Crippen molar-refractivity contribution in [1.82, 2.24) is 0 Å². The summed E-state index contributed by atoms with van der Waals surface area (Å²) in [5.41, 5.74) is 0.463. The van der Waals surface area contributed by atoms with Gasteiger partial charge in [0.25, 0.3) is 0 Å². The molecule has 82 valence electrons. The highest BCUT2D eigenvalue weighted by molar-refractivity contribution is 5.89. The lowest BCUT2D eigenvalue weighted by atomic mass is 10.1. The number of carbonyl (C=O) groups is 1. The van der Waals surface area contributed by atoms with Gasteiger partial charge in [0.15, 0.2) is 0 Å². The lowest BCUT2D eigenvalue weighted by Gasteiger charge is -2.08. The van der Waals surface area contributed by atoms with Crippen molar-refractivity contribution in [3.8, 4) is 0 Å². The van der Waals surface area contributed by atoms with E-state index >= 15 is 0 Å². The number of hydrogen-bond acceptors (Lipinski definition) is 2. The molecule has 15 heavy (non-hydrogen) atoms. The summed E-state index contributed by atoms with van der Waals surface area (Å²) in [6.45, 7) is 5.79. The minimum absolute atomic E-state index is 0.00986. The number of benzene rings is 1. The first-order chi connectivity index (χ1) is 7.02. The first-order valence-electron chi connectivity index (χ1n) is 4.94. The van der Waals surface area contributed by atoms with Crippen LogP contribution >= 0.6 is 0 Å². The highest BCUT2D eigenvalue weighted by Gasteiger charge is 2.14. The molecule has 0 saturated heterocycles. The van der Waals surface area contributed by atoms with Gasteiger partial charge in [-0.05, 0) is 24.5 Å². The zero-order chi connectivity index (χ0) is 11.4. The van der Waals surface area contributed by atoms with Gasteiger partial charge in [-0.3, -0.25) is 0 Å². The normalized spacial score (nSPS) is 10.5. The average molecular weight is 210 g/mol. The Labute approximate surface area is 89.1 Å². The molecule has 0 saturated carbocycles. The van der Waals surface area contributed by atoms with E-state index in [0.29, 0.717) is 12.2 Å². The van der Waals surface area contributed by atoms with Crippen LogP contribution in [0.15, 0.2) is 18.2 Å². The van der Waals surface area contributed by atoms with Crippen LogP contribution in [0.4, 0.5) is 4.39 Å². The van der Waals surface area contributed by atoms with Crippen molar-refractivity contribution >= 4 is 5.97 Å². The van der Waals surface area contributed by atoms with E-state index in [1.807, 2.05) is 13.8 Å². The molecule has 2 nitrogen and oxygen atoms in total. The minimum atomic E-state index is -0.593. The van der Waals surface area contributed by atoms with Gasteiger partial charge in [0.1, 0.15) is 5.82 Å². The van der Waals surface area contributed by atoms with E-state index < -0.39 is 11.8 Å². The number of hydrogen-bond donors (Lipinski definition) is 0. The van der Waals surface area contributed by atoms with Gasteiger partial charge in [0.05, 0.1) is 12.2 Å². The molecular formula is C12H15FO2. The van der Waals surface area contributed by atoms with Crippen LogP contribution in [-0.2, 0) is 4.74 Å². The topological polar surface area (TPSA) is 26.3 Å². The molecule has 0 amide bonds. The van der Waals surface area contributed by atoms with Crippen LogP contribution in [0.3, 0.4) is 0 Å². The SMILES string of the molecule is Cc1cccc(C(=O)OCC(C)C)c1F. The summed E-state index contributed by atoms with van der Waals surface area (Å²) in [4.78, 5) is 11.5. The molecule has 0 heterocycles. The molecule has 1 aromatic rings. The summed E-state index contributed by atoms with van der Waals surface area (Å²) in [6.07, 6.45) is 0. The second-order valence-corrected chi connectivity index (χ2v) is 3.93. The van der Waals surface area contributed by atoms with E-state index in [-0.39, 0.29) is 11.5 Å². The second-order valence-electron chi connectivity index (χ2n) is 3.93. The maximum Gasteiger partial charge on any atom is 0.341 e. The maximum atomic E-state index is 13.5. The molecule has 3 heteroatoms. The lowest BCUT2D eigenvalue weighted by Crippen LogP contribution is -2.12. The molecule has 0 atom stereocenters. The molecule has 0 aliphatic rings. The number of aryl methyl sites for hydroxylation is 1. The van der Waals surface area contributed by atoms with Gasteiger partial charge >= 0.3 is 5.97 Å². The smallest absolute Gasteiger partial charge is 0.341 e. The van der Waals surface area contributed by atoms with Crippen LogP contribution in [0.1, 0.15) is 29.8 Å². The number of rotatable bonds is 3. The number of carbonyl (C=O) groups excluding carboxylic acids is 1. The van der Waals surface area contributed by atoms with Crippen molar-refractivity contribution < 1.29 is 13.9 Å². The Kier molecular flexibility index (Phi) is 3.83. The Morgan fingerprint density at radius 2 is 2.13 bits per heavy atom. The van der Waals surface area contributed by atoms with Crippen molar-refractivity contribution in [3.63, 3.8) is 0 Å². The fourth-order valence-corrected chi connectivity index (χ4v) is 1.13. The van der Waals surface area contributed by atoms with E-state index in [2.05, 4.69) is 0 Å².